The first-order chi connectivity index (χ1) is 17.5. The lowest BCUT2D eigenvalue weighted by molar-refractivity contribution is -0.121. The van der Waals surface area contributed by atoms with Crippen LogP contribution >= 0.6 is 11.8 Å². The molecule has 8 heteroatoms. The van der Waals surface area contributed by atoms with Crippen molar-refractivity contribution in [3.05, 3.63) is 95.6 Å². The van der Waals surface area contributed by atoms with Crippen LogP contribution in [-0.4, -0.2) is 40.1 Å². The minimum absolute atomic E-state index is 0.0287. The first-order valence-corrected chi connectivity index (χ1v) is 12.6. The second-order valence-corrected chi connectivity index (χ2v) is 9.88. The van der Waals surface area contributed by atoms with Crippen LogP contribution in [0.5, 0.6) is 5.75 Å². The molecule has 0 spiro atoms. The Kier molecular flexibility index (Phi) is 6.86. The Bertz CT molecular complexity index is 1320. The minimum Gasteiger partial charge on any atom is -0.497 e. The highest BCUT2D eigenvalue weighted by Gasteiger charge is 2.39. The Hall–Kier alpha value is -3.91. The zero-order valence-corrected chi connectivity index (χ0v) is 20.9. The van der Waals surface area contributed by atoms with E-state index >= 15 is 0 Å². The first kappa shape index (κ1) is 23.8. The van der Waals surface area contributed by atoms with Gasteiger partial charge in [-0.2, -0.15) is 10.1 Å². The van der Waals surface area contributed by atoms with Gasteiger partial charge in [-0.05, 0) is 42.3 Å². The summed E-state index contributed by atoms with van der Waals surface area (Å²) in [5, 5.41) is 9.51. The Morgan fingerprint density at radius 1 is 1.06 bits per heavy atom. The summed E-state index contributed by atoms with van der Waals surface area (Å²) in [6.07, 6.45) is 0.727. The SMILES string of the molecule is COc1ccc(NC(=O)C[C@@H]2SC(N3N=C(c4ccc(C)cc4)C[C@@H]3c3ccccc3)=NC2=O)cc1. The van der Waals surface area contributed by atoms with E-state index in [2.05, 4.69) is 53.6 Å². The molecule has 2 aliphatic heterocycles. The number of rotatable bonds is 6. The third kappa shape index (κ3) is 5.18. The molecule has 36 heavy (non-hydrogen) atoms. The molecule has 0 unspecified atom stereocenters. The summed E-state index contributed by atoms with van der Waals surface area (Å²) in [4.78, 5) is 29.7. The Morgan fingerprint density at radius 2 is 1.78 bits per heavy atom. The molecule has 0 fully saturated rings. The third-order valence-corrected chi connectivity index (χ3v) is 7.29. The van der Waals surface area contributed by atoms with Gasteiger partial charge < -0.3 is 10.1 Å². The topological polar surface area (TPSA) is 83.4 Å². The van der Waals surface area contributed by atoms with Crippen LogP contribution in [0.1, 0.15) is 35.6 Å². The number of nitrogens with one attached hydrogen (secondary N) is 1. The van der Waals surface area contributed by atoms with Crippen molar-refractivity contribution in [1.82, 2.24) is 5.01 Å². The number of amidine groups is 1. The van der Waals surface area contributed by atoms with E-state index in [-0.39, 0.29) is 24.3 Å². The molecule has 2 atom stereocenters. The number of aryl methyl sites for hydroxylation is 1. The predicted octanol–water partition coefficient (Wildman–Crippen LogP) is 5.18. The maximum Gasteiger partial charge on any atom is 0.262 e. The molecule has 0 saturated carbocycles. The number of aliphatic imine (C=N–C) groups is 1. The Labute approximate surface area is 214 Å². The van der Waals surface area contributed by atoms with E-state index in [1.54, 1.807) is 31.4 Å². The Balaban J connectivity index is 1.32. The van der Waals surface area contributed by atoms with Crippen LogP contribution in [0.25, 0.3) is 0 Å². The number of amides is 2. The normalized spacial score (nSPS) is 19.2. The molecule has 0 saturated heterocycles. The molecule has 2 heterocycles. The average molecular weight is 499 g/mol. The van der Waals surface area contributed by atoms with Gasteiger partial charge in [0.1, 0.15) is 11.0 Å². The van der Waals surface area contributed by atoms with Crippen molar-refractivity contribution < 1.29 is 14.3 Å². The molecule has 0 aliphatic carbocycles. The lowest BCUT2D eigenvalue weighted by atomic mass is 9.98. The number of carbonyl (C=O) groups is 2. The quantitative estimate of drug-likeness (QED) is 0.506. The molecule has 0 bridgehead atoms. The number of hydrogen-bond donors (Lipinski definition) is 1. The highest BCUT2D eigenvalue weighted by Crippen LogP contribution is 2.38. The number of carbonyl (C=O) groups excluding carboxylic acids is 2. The summed E-state index contributed by atoms with van der Waals surface area (Å²) in [5.41, 5.74) is 4.92. The zero-order valence-electron chi connectivity index (χ0n) is 20.0. The largest absolute Gasteiger partial charge is 0.497 e. The Morgan fingerprint density at radius 3 is 2.47 bits per heavy atom. The summed E-state index contributed by atoms with van der Waals surface area (Å²) in [6, 6.07) is 25.4. The van der Waals surface area contributed by atoms with Gasteiger partial charge in [0.25, 0.3) is 5.91 Å². The van der Waals surface area contributed by atoms with Gasteiger partial charge in [-0.25, -0.2) is 5.01 Å². The van der Waals surface area contributed by atoms with E-state index in [1.807, 2.05) is 23.2 Å². The molecule has 0 aromatic heterocycles. The fourth-order valence-corrected chi connectivity index (χ4v) is 5.26. The zero-order chi connectivity index (χ0) is 25.1. The van der Waals surface area contributed by atoms with Crippen LogP contribution in [-0.2, 0) is 9.59 Å². The number of nitrogens with zero attached hydrogens (tertiary/aromatic N) is 3. The number of benzene rings is 3. The second-order valence-electron chi connectivity index (χ2n) is 8.71. The van der Waals surface area contributed by atoms with E-state index in [1.165, 1.54) is 17.3 Å². The van der Waals surface area contributed by atoms with Crippen molar-refractivity contribution in [3.63, 3.8) is 0 Å². The minimum atomic E-state index is -0.590. The molecule has 7 nitrogen and oxygen atoms in total. The second kappa shape index (κ2) is 10.4. The van der Waals surface area contributed by atoms with Crippen LogP contribution in [0.3, 0.4) is 0 Å². The highest BCUT2D eigenvalue weighted by atomic mass is 32.2. The van der Waals surface area contributed by atoms with Crippen LogP contribution in [0.15, 0.2) is 89.0 Å². The summed E-state index contributed by atoms with van der Waals surface area (Å²) in [5.74, 6) is 0.148. The van der Waals surface area contributed by atoms with Gasteiger partial charge in [-0.1, -0.05) is 71.9 Å². The molecule has 3 aromatic carbocycles. The van der Waals surface area contributed by atoms with Gasteiger partial charge in [0, 0.05) is 18.5 Å². The number of ether oxygens (including phenoxy) is 1. The van der Waals surface area contributed by atoms with E-state index in [0.29, 0.717) is 23.0 Å². The van der Waals surface area contributed by atoms with Gasteiger partial charge in [-0.15, -0.1) is 0 Å². The van der Waals surface area contributed by atoms with E-state index in [4.69, 9.17) is 9.84 Å². The fraction of sp³-hybridized carbons (Fsp3) is 0.214. The van der Waals surface area contributed by atoms with Gasteiger partial charge in [0.15, 0.2) is 5.17 Å². The maximum absolute atomic E-state index is 12.8. The first-order valence-electron chi connectivity index (χ1n) is 11.7. The summed E-state index contributed by atoms with van der Waals surface area (Å²) >= 11 is 1.30. The highest BCUT2D eigenvalue weighted by molar-refractivity contribution is 8.15. The van der Waals surface area contributed by atoms with Crippen molar-refractivity contribution in [2.24, 2.45) is 10.1 Å². The molecule has 2 aliphatic rings. The monoisotopic (exact) mass is 498 g/mol. The lowest BCUT2D eigenvalue weighted by Gasteiger charge is -2.23. The molecule has 2 amide bonds. The van der Waals surface area contributed by atoms with Gasteiger partial charge >= 0.3 is 0 Å². The van der Waals surface area contributed by atoms with Crippen molar-refractivity contribution >= 4 is 40.1 Å². The van der Waals surface area contributed by atoms with Gasteiger partial charge in [0.05, 0.1) is 18.9 Å². The van der Waals surface area contributed by atoms with Crippen molar-refractivity contribution in [1.29, 1.82) is 0 Å². The standard InChI is InChI=1S/C28H26N4O3S/c1-18-8-10-19(11-9-18)23-16-24(20-6-4-3-5-7-20)32(31-23)28-30-27(34)25(36-28)17-26(33)29-21-12-14-22(35-2)15-13-21/h3-15,24-25H,16-17H2,1-2H3,(H,29,33)/t24-,25+/m1/s1. The third-order valence-electron chi connectivity index (χ3n) is 6.15. The van der Waals surface area contributed by atoms with Crippen molar-refractivity contribution in [2.75, 3.05) is 12.4 Å². The van der Waals surface area contributed by atoms with Crippen LogP contribution in [0.2, 0.25) is 0 Å². The molecule has 3 aromatic rings. The van der Waals surface area contributed by atoms with Crippen LogP contribution in [0.4, 0.5) is 5.69 Å². The number of thioether (sulfide) groups is 1. The fourth-order valence-electron chi connectivity index (χ4n) is 4.20. The smallest absolute Gasteiger partial charge is 0.262 e. The number of hydrazone groups is 1. The van der Waals surface area contributed by atoms with Crippen LogP contribution < -0.4 is 10.1 Å². The van der Waals surface area contributed by atoms with E-state index < -0.39 is 5.25 Å². The van der Waals surface area contributed by atoms with Crippen LogP contribution in [0, 0.1) is 6.92 Å². The van der Waals surface area contributed by atoms with Crippen molar-refractivity contribution in [2.45, 2.75) is 31.1 Å². The summed E-state index contributed by atoms with van der Waals surface area (Å²) in [7, 11) is 1.59. The van der Waals surface area contributed by atoms with E-state index in [9.17, 15) is 9.59 Å². The number of methoxy groups -OCH3 is 1. The molecule has 0 radical (unpaired) electrons. The number of hydrogen-bond acceptors (Lipinski definition) is 6. The average Bonchev–Trinajstić information content (AvgIpc) is 3.49. The summed E-state index contributed by atoms with van der Waals surface area (Å²) < 4.78 is 5.15. The molecular formula is C28H26N4O3S. The molecular weight excluding hydrogens is 472 g/mol. The summed E-state index contributed by atoms with van der Waals surface area (Å²) in [6.45, 7) is 2.06. The van der Waals surface area contributed by atoms with E-state index in [0.717, 1.165) is 16.8 Å². The molecule has 5 rings (SSSR count). The predicted molar refractivity (Wildman–Crippen MR) is 143 cm³/mol. The van der Waals surface area contributed by atoms with Gasteiger partial charge in [0.2, 0.25) is 5.91 Å². The molecule has 1 N–H and O–H groups in total. The van der Waals surface area contributed by atoms with Crippen molar-refractivity contribution in [3.8, 4) is 5.75 Å². The number of anilines is 1. The van der Waals surface area contributed by atoms with Gasteiger partial charge in [-0.3, -0.25) is 9.59 Å². The molecule has 182 valence electrons. The maximum atomic E-state index is 12.8. The lowest BCUT2D eigenvalue weighted by Crippen LogP contribution is -2.25.